The Labute approximate surface area is 215 Å². The number of rotatable bonds is 11. The third kappa shape index (κ3) is 6.75. The van der Waals surface area contributed by atoms with Gasteiger partial charge in [-0.05, 0) is 61.5 Å². The smallest absolute Gasteiger partial charge is 0.192 e. The quantitative estimate of drug-likeness (QED) is 0.283. The Morgan fingerprint density at radius 3 is 2.03 bits per heavy atom. The van der Waals surface area contributed by atoms with Crippen LogP contribution in [0, 0.1) is 5.92 Å². The molecule has 3 nitrogen and oxygen atoms in total. The first-order valence-corrected chi connectivity index (χ1v) is 17.6. The molecule has 192 valence electrons. The minimum Gasteiger partial charge on any atom is -0.413 e. The van der Waals surface area contributed by atoms with Crippen molar-refractivity contribution >= 4 is 18.0 Å². The fraction of sp³-hybridized carbons (Fsp3) is 0.533. The molecule has 0 bridgehead atoms. The standard InChI is InChI=1S/C30H45NO2SSi/c1-6-35(7-2,8-3)33-30(27-20-14-10-15-21-27)29(26-18-12-9-13-19-26)25(4)24-34(32,31-5)28-22-16-11-17-23-28/h9,11-13,16-19,22-24,27,29-30H,6-8,10,14-15,20-21H2,1-5H3/b25-24+/t29-,30+,34?/m0/s1. The van der Waals surface area contributed by atoms with Gasteiger partial charge in [-0.3, -0.25) is 0 Å². The van der Waals surface area contributed by atoms with Crippen molar-refractivity contribution in [2.75, 3.05) is 7.05 Å². The van der Waals surface area contributed by atoms with Crippen LogP contribution in [-0.2, 0) is 14.2 Å². The second-order valence-electron chi connectivity index (χ2n) is 10.0. The van der Waals surface area contributed by atoms with E-state index in [-0.39, 0.29) is 12.0 Å². The van der Waals surface area contributed by atoms with Gasteiger partial charge in [-0.15, -0.1) is 0 Å². The second kappa shape index (κ2) is 13.0. The molecule has 0 spiro atoms. The van der Waals surface area contributed by atoms with Gasteiger partial charge in [0.25, 0.3) is 0 Å². The lowest BCUT2D eigenvalue weighted by molar-refractivity contribution is 0.0814. The highest BCUT2D eigenvalue weighted by atomic mass is 32.2. The van der Waals surface area contributed by atoms with E-state index in [1.54, 1.807) is 7.05 Å². The molecule has 3 atom stereocenters. The molecule has 1 saturated carbocycles. The molecule has 1 aliphatic carbocycles. The molecule has 35 heavy (non-hydrogen) atoms. The van der Waals surface area contributed by atoms with E-state index in [0.29, 0.717) is 5.92 Å². The molecule has 2 aromatic rings. The summed E-state index contributed by atoms with van der Waals surface area (Å²) in [5.74, 6) is 0.599. The molecule has 1 aliphatic rings. The molecule has 0 amide bonds. The minimum atomic E-state index is -2.66. The maximum atomic E-state index is 14.1. The predicted molar refractivity (Wildman–Crippen MR) is 153 cm³/mol. The van der Waals surface area contributed by atoms with Crippen molar-refractivity contribution in [2.24, 2.45) is 10.3 Å². The highest BCUT2D eigenvalue weighted by Crippen LogP contribution is 2.42. The van der Waals surface area contributed by atoms with Crippen LogP contribution in [0.2, 0.25) is 18.1 Å². The average molecular weight is 512 g/mol. The topological polar surface area (TPSA) is 38.7 Å². The Morgan fingerprint density at radius 2 is 1.51 bits per heavy atom. The van der Waals surface area contributed by atoms with Crippen LogP contribution in [-0.4, -0.2) is 25.7 Å². The molecule has 1 unspecified atom stereocenters. The summed E-state index contributed by atoms with van der Waals surface area (Å²) in [7, 11) is -2.85. The van der Waals surface area contributed by atoms with Gasteiger partial charge in [0, 0.05) is 18.4 Å². The zero-order valence-corrected chi connectivity index (χ0v) is 24.2. The molecule has 0 aliphatic heterocycles. The first-order valence-electron chi connectivity index (χ1n) is 13.5. The van der Waals surface area contributed by atoms with Crippen molar-refractivity contribution in [3.63, 3.8) is 0 Å². The van der Waals surface area contributed by atoms with Crippen LogP contribution in [0.3, 0.4) is 0 Å². The monoisotopic (exact) mass is 511 g/mol. The summed E-state index contributed by atoms with van der Waals surface area (Å²) in [4.78, 5) is 0.767. The summed E-state index contributed by atoms with van der Waals surface area (Å²) >= 11 is 0. The largest absolute Gasteiger partial charge is 0.413 e. The van der Waals surface area contributed by atoms with E-state index in [2.05, 4.69) is 62.4 Å². The van der Waals surface area contributed by atoms with E-state index in [1.807, 2.05) is 35.7 Å². The first kappa shape index (κ1) is 27.9. The lowest BCUT2D eigenvalue weighted by Crippen LogP contribution is -2.45. The van der Waals surface area contributed by atoms with Gasteiger partial charge >= 0.3 is 0 Å². The van der Waals surface area contributed by atoms with Crippen LogP contribution in [0.1, 0.15) is 71.3 Å². The van der Waals surface area contributed by atoms with E-state index in [4.69, 9.17) is 4.43 Å². The lowest BCUT2D eigenvalue weighted by atomic mass is 9.76. The van der Waals surface area contributed by atoms with Gasteiger partial charge < -0.3 is 4.43 Å². The van der Waals surface area contributed by atoms with Crippen molar-refractivity contribution in [1.82, 2.24) is 0 Å². The van der Waals surface area contributed by atoms with Gasteiger partial charge in [0.1, 0.15) is 0 Å². The maximum Gasteiger partial charge on any atom is 0.192 e. The van der Waals surface area contributed by atoms with Crippen LogP contribution >= 0.6 is 0 Å². The van der Waals surface area contributed by atoms with E-state index >= 15 is 0 Å². The molecule has 5 heteroatoms. The van der Waals surface area contributed by atoms with E-state index in [9.17, 15) is 4.21 Å². The van der Waals surface area contributed by atoms with Crippen molar-refractivity contribution in [3.05, 3.63) is 77.2 Å². The zero-order valence-electron chi connectivity index (χ0n) is 22.4. The van der Waals surface area contributed by atoms with E-state index in [0.717, 1.165) is 28.6 Å². The van der Waals surface area contributed by atoms with Crippen LogP contribution in [0.5, 0.6) is 0 Å². The third-order valence-electron chi connectivity index (χ3n) is 8.11. The highest BCUT2D eigenvalue weighted by Gasteiger charge is 2.40. The van der Waals surface area contributed by atoms with Gasteiger partial charge in [-0.2, -0.15) is 0 Å². The Kier molecular flexibility index (Phi) is 10.4. The van der Waals surface area contributed by atoms with E-state index < -0.39 is 18.0 Å². The van der Waals surface area contributed by atoms with Gasteiger partial charge in [0.2, 0.25) is 0 Å². The number of nitrogens with zero attached hydrogens (tertiary/aromatic N) is 1. The van der Waals surface area contributed by atoms with Crippen molar-refractivity contribution in [3.8, 4) is 0 Å². The van der Waals surface area contributed by atoms with Crippen molar-refractivity contribution in [2.45, 2.75) is 94.8 Å². The van der Waals surface area contributed by atoms with Crippen LogP contribution in [0.4, 0.5) is 0 Å². The van der Waals surface area contributed by atoms with Gasteiger partial charge in [-0.25, -0.2) is 8.57 Å². The molecule has 1 fully saturated rings. The molecule has 0 N–H and O–H groups in total. The lowest BCUT2D eigenvalue weighted by Gasteiger charge is -2.43. The fourth-order valence-electron chi connectivity index (χ4n) is 5.73. The molecule has 0 aromatic heterocycles. The predicted octanol–water partition coefficient (Wildman–Crippen LogP) is 8.80. The molecular weight excluding hydrogens is 466 g/mol. The first-order chi connectivity index (χ1) is 16.9. The van der Waals surface area contributed by atoms with Crippen LogP contribution in [0.15, 0.2) is 80.9 Å². The summed E-state index contributed by atoms with van der Waals surface area (Å²) in [5, 5.41) is 1.95. The van der Waals surface area contributed by atoms with Gasteiger partial charge in [0.15, 0.2) is 8.32 Å². The van der Waals surface area contributed by atoms with Crippen LogP contribution in [0.25, 0.3) is 0 Å². The number of hydrogen-bond donors (Lipinski definition) is 0. The van der Waals surface area contributed by atoms with Gasteiger partial charge in [-0.1, -0.05) is 94.1 Å². The number of benzene rings is 2. The molecule has 0 heterocycles. The summed E-state index contributed by atoms with van der Waals surface area (Å²) in [6.45, 7) is 9.10. The Morgan fingerprint density at radius 1 is 0.971 bits per heavy atom. The number of hydrogen-bond acceptors (Lipinski definition) is 3. The summed E-state index contributed by atoms with van der Waals surface area (Å²) < 4.78 is 25.9. The molecule has 3 rings (SSSR count). The highest BCUT2D eigenvalue weighted by molar-refractivity contribution is 7.96. The van der Waals surface area contributed by atoms with Crippen LogP contribution < -0.4 is 0 Å². The van der Waals surface area contributed by atoms with E-state index in [1.165, 1.54) is 37.7 Å². The summed E-state index contributed by atoms with van der Waals surface area (Å²) in [5.41, 5.74) is 2.37. The molecular formula is C30H45NO2SSi. The van der Waals surface area contributed by atoms with Crippen molar-refractivity contribution in [1.29, 1.82) is 0 Å². The minimum absolute atomic E-state index is 0.0714. The SMILES string of the molecule is CC[Si](CC)(CC)O[C@H](C1CCCCC1)[C@@H](/C(C)=C/S(=O)(=NC)c1ccccc1)c1ccccc1. The Bertz CT molecular complexity index is 1040. The maximum absolute atomic E-state index is 14.1. The molecule has 0 saturated heterocycles. The molecule has 2 aromatic carbocycles. The third-order valence-corrected chi connectivity index (χ3v) is 14.9. The summed E-state index contributed by atoms with van der Waals surface area (Å²) in [6, 6.07) is 23.9. The Balaban J connectivity index is 2.16. The normalized spacial score (nSPS) is 19.1. The summed E-state index contributed by atoms with van der Waals surface area (Å²) in [6.07, 6.45) is 6.42. The van der Waals surface area contributed by atoms with Gasteiger partial charge in [0.05, 0.1) is 20.7 Å². The van der Waals surface area contributed by atoms with Crippen molar-refractivity contribution < 1.29 is 8.63 Å². The fourth-order valence-corrected chi connectivity index (χ4v) is 10.3. The molecule has 0 radical (unpaired) electrons. The average Bonchev–Trinajstić information content (AvgIpc) is 2.92. The Hall–Kier alpha value is -1.69. The zero-order chi connectivity index (χ0) is 25.3. The second-order valence-corrected chi connectivity index (χ2v) is 17.0.